The third-order valence-electron chi connectivity index (χ3n) is 2.32. The molecule has 0 amide bonds. The predicted octanol–water partition coefficient (Wildman–Crippen LogP) is 0.253. The highest BCUT2D eigenvalue weighted by Crippen LogP contribution is 2.32. The lowest BCUT2D eigenvalue weighted by molar-refractivity contribution is 0.172. The largest absolute Gasteiger partial charge is 0.486 e. The minimum atomic E-state index is -0.783. The van der Waals surface area contributed by atoms with Gasteiger partial charge in [0.05, 0.1) is 10.9 Å². The summed E-state index contributed by atoms with van der Waals surface area (Å²) >= 11 is 0. The summed E-state index contributed by atoms with van der Waals surface area (Å²) in [5.41, 5.74) is -0.304. The molecule has 6 nitrogen and oxygen atoms in total. The average molecular weight is 221 g/mol. The molecule has 1 aromatic carbocycles. The number of nitrogens with one attached hydrogen (secondary N) is 1. The van der Waals surface area contributed by atoms with Crippen molar-refractivity contribution in [1.29, 1.82) is 0 Å². The second-order valence-corrected chi connectivity index (χ2v) is 3.34. The van der Waals surface area contributed by atoms with Crippen molar-refractivity contribution in [3.63, 3.8) is 0 Å². The Morgan fingerprint density at radius 2 is 1.75 bits per heavy atom. The molecule has 2 aromatic rings. The maximum absolute atomic E-state index is 11.4. The lowest BCUT2D eigenvalue weighted by Crippen LogP contribution is -2.18. The predicted molar refractivity (Wildman–Crippen MR) is 54.1 cm³/mol. The van der Waals surface area contributed by atoms with Gasteiger partial charge in [-0.3, -0.25) is 4.98 Å². The first kappa shape index (κ1) is 9.02. The number of fused-ring (bicyclic) bond motifs is 2. The van der Waals surface area contributed by atoms with Crippen LogP contribution in [0.4, 0.5) is 0 Å². The molecule has 6 heteroatoms. The highest BCUT2D eigenvalue weighted by molar-refractivity contribution is 5.81. The maximum Gasteiger partial charge on any atom is 0.419 e. The van der Waals surface area contributed by atoms with E-state index in [2.05, 4.69) is 9.40 Å². The number of aromatic nitrogens is 1. The quantitative estimate of drug-likeness (QED) is 0.689. The van der Waals surface area contributed by atoms with Gasteiger partial charge in [0.1, 0.15) is 13.2 Å². The van der Waals surface area contributed by atoms with Crippen molar-refractivity contribution < 1.29 is 13.9 Å². The molecule has 0 fully saturated rings. The van der Waals surface area contributed by atoms with Crippen molar-refractivity contribution in [3.05, 3.63) is 33.1 Å². The summed E-state index contributed by atoms with van der Waals surface area (Å²) in [5, 5.41) is 0.267. The van der Waals surface area contributed by atoms with Crippen molar-refractivity contribution in [2.75, 3.05) is 13.2 Å². The summed E-state index contributed by atoms with van der Waals surface area (Å²) in [5.74, 6) is 0.215. The SMILES string of the molecule is O=c1[nH]c2cc3c(cc2c(=O)o1)OCCO3. The third kappa shape index (κ3) is 1.27. The van der Waals surface area contributed by atoms with Crippen LogP contribution in [0.3, 0.4) is 0 Å². The summed E-state index contributed by atoms with van der Waals surface area (Å²) in [6.45, 7) is 0.886. The minimum absolute atomic E-state index is 0.267. The zero-order chi connectivity index (χ0) is 11.1. The van der Waals surface area contributed by atoms with E-state index in [0.29, 0.717) is 30.2 Å². The Morgan fingerprint density at radius 3 is 2.50 bits per heavy atom. The molecule has 0 atom stereocenters. The van der Waals surface area contributed by atoms with Crippen LogP contribution in [-0.4, -0.2) is 18.2 Å². The summed E-state index contributed by atoms with van der Waals surface area (Å²) in [6, 6.07) is 3.06. The van der Waals surface area contributed by atoms with Gasteiger partial charge in [-0.25, -0.2) is 9.59 Å². The first-order valence-corrected chi connectivity index (χ1v) is 4.71. The van der Waals surface area contributed by atoms with E-state index in [0.717, 1.165) is 0 Å². The lowest BCUT2D eigenvalue weighted by atomic mass is 10.2. The number of aromatic amines is 1. The van der Waals surface area contributed by atoms with E-state index in [1.165, 1.54) is 6.07 Å². The van der Waals surface area contributed by atoms with Gasteiger partial charge in [0.2, 0.25) is 0 Å². The Morgan fingerprint density at radius 1 is 1.06 bits per heavy atom. The average Bonchev–Trinajstić information content (AvgIpc) is 2.27. The topological polar surface area (TPSA) is 81.5 Å². The number of H-pyrrole nitrogens is 1. The van der Waals surface area contributed by atoms with Gasteiger partial charge in [-0.2, -0.15) is 0 Å². The Labute approximate surface area is 88.4 Å². The Hall–Kier alpha value is -2.24. The highest BCUT2D eigenvalue weighted by atomic mass is 16.6. The van der Waals surface area contributed by atoms with Crippen LogP contribution in [0.5, 0.6) is 11.5 Å². The smallest absolute Gasteiger partial charge is 0.419 e. The van der Waals surface area contributed by atoms with Gasteiger partial charge < -0.3 is 13.9 Å². The summed E-state index contributed by atoms with van der Waals surface area (Å²) < 4.78 is 15.1. The molecular weight excluding hydrogens is 214 g/mol. The zero-order valence-electron chi connectivity index (χ0n) is 8.11. The van der Waals surface area contributed by atoms with E-state index in [4.69, 9.17) is 9.47 Å². The summed E-state index contributed by atoms with van der Waals surface area (Å²) in [4.78, 5) is 24.8. The van der Waals surface area contributed by atoms with Gasteiger partial charge in [-0.15, -0.1) is 0 Å². The zero-order valence-corrected chi connectivity index (χ0v) is 8.11. The molecule has 0 radical (unpaired) electrons. The number of hydrogen-bond acceptors (Lipinski definition) is 5. The molecule has 1 aliphatic rings. The first-order chi connectivity index (χ1) is 7.74. The summed E-state index contributed by atoms with van der Waals surface area (Å²) in [6.07, 6.45) is 0. The minimum Gasteiger partial charge on any atom is -0.486 e. The van der Waals surface area contributed by atoms with Crippen LogP contribution in [0.25, 0.3) is 10.9 Å². The second-order valence-electron chi connectivity index (χ2n) is 3.34. The Bertz CT molecular complexity index is 669. The molecule has 0 unspecified atom stereocenters. The molecule has 1 aromatic heterocycles. The van der Waals surface area contributed by atoms with Gasteiger partial charge in [0, 0.05) is 12.1 Å². The van der Waals surface area contributed by atoms with Gasteiger partial charge in [0.25, 0.3) is 0 Å². The van der Waals surface area contributed by atoms with E-state index in [9.17, 15) is 9.59 Å². The molecule has 0 saturated heterocycles. The van der Waals surface area contributed by atoms with E-state index in [1.54, 1.807) is 6.07 Å². The van der Waals surface area contributed by atoms with Gasteiger partial charge in [-0.05, 0) is 0 Å². The van der Waals surface area contributed by atoms with E-state index in [-0.39, 0.29) is 5.39 Å². The maximum atomic E-state index is 11.4. The van der Waals surface area contributed by atoms with Crippen LogP contribution in [-0.2, 0) is 0 Å². The van der Waals surface area contributed by atoms with Crippen molar-refractivity contribution in [2.24, 2.45) is 0 Å². The van der Waals surface area contributed by atoms with Crippen LogP contribution >= 0.6 is 0 Å². The number of ether oxygens (including phenoxy) is 2. The van der Waals surface area contributed by atoms with Gasteiger partial charge in [-0.1, -0.05) is 0 Å². The molecule has 0 aliphatic carbocycles. The van der Waals surface area contributed by atoms with Crippen LogP contribution in [0, 0.1) is 0 Å². The fourth-order valence-corrected chi connectivity index (χ4v) is 1.64. The molecule has 3 rings (SSSR count). The van der Waals surface area contributed by atoms with Crippen molar-refractivity contribution in [1.82, 2.24) is 4.98 Å². The Balaban J connectivity index is 2.40. The van der Waals surface area contributed by atoms with Crippen LogP contribution in [0.1, 0.15) is 0 Å². The van der Waals surface area contributed by atoms with Gasteiger partial charge in [0.15, 0.2) is 11.5 Å². The molecule has 82 valence electrons. The molecular formula is C10H7NO5. The van der Waals surface area contributed by atoms with Crippen molar-refractivity contribution in [3.8, 4) is 11.5 Å². The van der Waals surface area contributed by atoms with Crippen LogP contribution < -0.4 is 20.9 Å². The van der Waals surface area contributed by atoms with E-state index < -0.39 is 11.4 Å². The molecule has 0 spiro atoms. The fraction of sp³-hybridized carbons (Fsp3) is 0.200. The molecule has 0 bridgehead atoms. The molecule has 1 aliphatic heterocycles. The van der Waals surface area contributed by atoms with Gasteiger partial charge >= 0.3 is 11.4 Å². The number of rotatable bonds is 0. The molecule has 2 heterocycles. The van der Waals surface area contributed by atoms with Crippen molar-refractivity contribution >= 4 is 10.9 Å². The normalized spacial score (nSPS) is 14.0. The lowest BCUT2D eigenvalue weighted by Gasteiger charge is -2.18. The fourth-order valence-electron chi connectivity index (χ4n) is 1.64. The van der Waals surface area contributed by atoms with Crippen molar-refractivity contribution in [2.45, 2.75) is 0 Å². The van der Waals surface area contributed by atoms with E-state index in [1.807, 2.05) is 0 Å². The summed E-state index contributed by atoms with van der Waals surface area (Å²) in [7, 11) is 0. The molecule has 16 heavy (non-hydrogen) atoms. The second kappa shape index (κ2) is 3.13. The first-order valence-electron chi connectivity index (χ1n) is 4.71. The monoisotopic (exact) mass is 221 g/mol. The number of benzene rings is 1. The molecule has 0 saturated carbocycles. The van der Waals surface area contributed by atoms with E-state index >= 15 is 0 Å². The van der Waals surface area contributed by atoms with Crippen LogP contribution in [0.2, 0.25) is 0 Å². The standard InChI is InChI=1S/C10H7NO5/c12-9-5-3-7-8(15-2-1-14-7)4-6(5)11-10(13)16-9/h3-4H,1-2H2,(H,11,13). The van der Waals surface area contributed by atoms with Crippen LogP contribution in [0.15, 0.2) is 26.1 Å². The Kier molecular flexibility index (Phi) is 1.76. The highest BCUT2D eigenvalue weighted by Gasteiger charge is 2.14. The number of hydrogen-bond donors (Lipinski definition) is 1. The molecule has 1 N–H and O–H groups in total. The third-order valence-corrected chi connectivity index (χ3v) is 2.32.